The minimum atomic E-state index is -0.442. The second-order valence-electron chi connectivity index (χ2n) is 6.81. The second kappa shape index (κ2) is 8.67. The molecule has 0 aliphatic rings. The number of nitrogens with zero attached hydrogens (tertiary/aromatic N) is 5. The first-order valence-electron chi connectivity index (χ1n) is 9.35. The van der Waals surface area contributed by atoms with Crippen molar-refractivity contribution >= 4 is 34.3 Å². The number of non-ortho nitro benzene ring substituents is 1. The molecule has 1 amide bonds. The number of hydrogen-bond acceptors (Lipinski definition) is 8. The summed E-state index contributed by atoms with van der Waals surface area (Å²) < 4.78 is 6.76. The number of hydrogen-bond donors (Lipinski definition) is 2. The number of fused-ring (bicyclic) bond motifs is 3. The SMILES string of the molecule is Cc1nnc2c(NCCCCNC(=O)OC(C)C)nc3ccc([N+](=O)[O-])cc3n12. The van der Waals surface area contributed by atoms with Gasteiger partial charge in [-0.25, -0.2) is 9.78 Å². The zero-order valence-corrected chi connectivity index (χ0v) is 16.5. The Morgan fingerprint density at radius 3 is 2.76 bits per heavy atom. The van der Waals surface area contributed by atoms with Crippen LogP contribution in [0.5, 0.6) is 0 Å². The van der Waals surface area contributed by atoms with Gasteiger partial charge in [0.15, 0.2) is 5.82 Å². The highest BCUT2D eigenvalue weighted by Gasteiger charge is 2.16. The van der Waals surface area contributed by atoms with Crippen LogP contribution in [0, 0.1) is 17.0 Å². The minimum Gasteiger partial charge on any atom is -0.447 e. The predicted octanol–water partition coefficient (Wildman–Crippen LogP) is 2.82. The van der Waals surface area contributed by atoms with E-state index in [1.54, 1.807) is 31.2 Å². The lowest BCUT2D eigenvalue weighted by atomic mass is 10.2. The molecule has 0 aliphatic carbocycles. The van der Waals surface area contributed by atoms with Gasteiger partial charge in [0.2, 0.25) is 5.65 Å². The third kappa shape index (κ3) is 4.68. The molecule has 2 aromatic heterocycles. The summed E-state index contributed by atoms with van der Waals surface area (Å²) >= 11 is 0. The van der Waals surface area contributed by atoms with Crippen LogP contribution in [0.3, 0.4) is 0 Å². The summed E-state index contributed by atoms with van der Waals surface area (Å²) in [5.74, 6) is 1.17. The molecule has 154 valence electrons. The lowest BCUT2D eigenvalue weighted by Gasteiger charge is -2.11. The molecular weight excluding hydrogens is 378 g/mol. The van der Waals surface area contributed by atoms with Gasteiger partial charge in [0.05, 0.1) is 22.1 Å². The number of rotatable bonds is 8. The Bertz CT molecular complexity index is 1050. The zero-order valence-electron chi connectivity index (χ0n) is 16.5. The molecule has 1 aromatic carbocycles. The van der Waals surface area contributed by atoms with Crippen molar-refractivity contribution in [3.05, 3.63) is 34.1 Å². The number of unbranched alkanes of at least 4 members (excludes halogenated alkanes) is 1. The molecule has 29 heavy (non-hydrogen) atoms. The molecular formula is C18H23N7O4. The molecule has 0 saturated carbocycles. The van der Waals surface area contributed by atoms with Gasteiger partial charge in [0.25, 0.3) is 5.69 Å². The Morgan fingerprint density at radius 1 is 1.28 bits per heavy atom. The lowest BCUT2D eigenvalue weighted by molar-refractivity contribution is -0.384. The van der Waals surface area contributed by atoms with Gasteiger partial charge >= 0.3 is 6.09 Å². The number of ether oxygens (including phenoxy) is 1. The van der Waals surface area contributed by atoms with Crippen LogP contribution in [-0.2, 0) is 4.74 Å². The number of amides is 1. The molecule has 0 saturated heterocycles. The van der Waals surface area contributed by atoms with E-state index in [-0.39, 0.29) is 11.8 Å². The number of carbonyl (C=O) groups is 1. The topological polar surface area (TPSA) is 137 Å². The zero-order chi connectivity index (χ0) is 21.0. The van der Waals surface area contributed by atoms with Crippen molar-refractivity contribution < 1.29 is 14.5 Å². The first kappa shape index (κ1) is 20.2. The maximum absolute atomic E-state index is 11.4. The standard InChI is InChI=1S/C18H23N7O4/c1-11(2)29-18(26)20-9-5-4-8-19-16-17-23-22-12(3)24(17)15-10-13(25(27)28)6-7-14(15)21-16/h6-7,10-11H,4-5,8-9H2,1-3H3,(H,19,21)(H,20,26). The van der Waals surface area contributed by atoms with E-state index < -0.39 is 11.0 Å². The number of aryl methyl sites for hydroxylation is 1. The fraction of sp³-hybridized carbons (Fsp3) is 0.444. The van der Waals surface area contributed by atoms with Gasteiger partial charge in [-0.2, -0.15) is 0 Å². The summed E-state index contributed by atoms with van der Waals surface area (Å²) in [4.78, 5) is 26.6. The number of nitrogens with one attached hydrogen (secondary N) is 2. The molecule has 2 heterocycles. The third-order valence-corrected chi connectivity index (χ3v) is 4.19. The molecule has 11 heteroatoms. The van der Waals surface area contributed by atoms with E-state index in [0.717, 1.165) is 12.8 Å². The van der Waals surface area contributed by atoms with Crippen LogP contribution in [0.2, 0.25) is 0 Å². The van der Waals surface area contributed by atoms with Crippen molar-refractivity contribution in [2.24, 2.45) is 0 Å². The van der Waals surface area contributed by atoms with Crippen LogP contribution >= 0.6 is 0 Å². The molecule has 0 spiro atoms. The Kier molecular flexibility index (Phi) is 6.05. The molecule has 0 fully saturated rings. The summed E-state index contributed by atoms with van der Waals surface area (Å²) in [7, 11) is 0. The summed E-state index contributed by atoms with van der Waals surface area (Å²) in [6.07, 6.45) is 0.994. The van der Waals surface area contributed by atoms with Crippen LogP contribution < -0.4 is 10.6 Å². The quantitative estimate of drug-likeness (QED) is 0.334. The van der Waals surface area contributed by atoms with Crippen molar-refractivity contribution in [2.75, 3.05) is 18.4 Å². The van der Waals surface area contributed by atoms with Gasteiger partial charge in [0.1, 0.15) is 5.82 Å². The van der Waals surface area contributed by atoms with Crippen LogP contribution in [-0.4, -0.2) is 49.8 Å². The van der Waals surface area contributed by atoms with Crippen molar-refractivity contribution in [1.82, 2.24) is 24.9 Å². The molecule has 0 aliphatic heterocycles. The first-order chi connectivity index (χ1) is 13.9. The predicted molar refractivity (Wildman–Crippen MR) is 107 cm³/mol. The molecule has 0 bridgehead atoms. The molecule has 0 atom stereocenters. The molecule has 0 unspecified atom stereocenters. The van der Waals surface area contributed by atoms with Crippen LogP contribution in [0.15, 0.2) is 18.2 Å². The van der Waals surface area contributed by atoms with E-state index in [4.69, 9.17) is 4.74 Å². The van der Waals surface area contributed by atoms with Crippen molar-refractivity contribution in [3.8, 4) is 0 Å². The molecule has 0 radical (unpaired) electrons. The Labute approximate surface area is 166 Å². The number of anilines is 1. The molecule has 2 N–H and O–H groups in total. The van der Waals surface area contributed by atoms with Gasteiger partial charge in [-0.15, -0.1) is 10.2 Å². The number of nitro groups is 1. The van der Waals surface area contributed by atoms with E-state index in [0.29, 0.717) is 41.4 Å². The Balaban J connectivity index is 1.68. The van der Waals surface area contributed by atoms with Crippen LogP contribution in [0.25, 0.3) is 16.7 Å². The number of carbonyl (C=O) groups excluding carboxylic acids is 1. The second-order valence-corrected chi connectivity index (χ2v) is 6.81. The highest BCUT2D eigenvalue weighted by atomic mass is 16.6. The van der Waals surface area contributed by atoms with Crippen LogP contribution in [0.4, 0.5) is 16.3 Å². The van der Waals surface area contributed by atoms with E-state index in [2.05, 4.69) is 25.8 Å². The maximum Gasteiger partial charge on any atom is 0.407 e. The Morgan fingerprint density at radius 2 is 2.03 bits per heavy atom. The lowest BCUT2D eigenvalue weighted by Crippen LogP contribution is -2.27. The first-order valence-corrected chi connectivity index (χ1v) is 9.35. The minimum absolute atomic E-state index is 0.0158. The van der Waals surface area contributed by atoms with E-state index in [1.807, 2.05) is 0 Å². The molecule has 3 aromatic rings. The highest BCUT2D eigenvalue weighted by Crippen LogP contribution is 2.25. The monoisotopic (exact) mass is 401 g/mol. The highest BCUT2D eigenvalue weighted by molar-refractivity contribution is 5.84. The number of alkyl carbamates (subject to hydrolysis) is 1. The summed E-state index contributed by atoms with van der Waals surface area (Å²) in [5, 5.41) is 25.3. The van der Waals surface area contributed by atoms with Gasteiger partial charge in [0, 0.05) is 25.2 Å². The largest absolute Gasteiger partial charge is 0.447 e. The number of benzene rings is 1. The van der Waals surface area contributed by atoms with E-state index in [1.165, 1.54) is 12.1 Å². The molecule has 11 nitrogen and oxygen atoms in total. The smallest absolute Gasteiger partial charge is 0.407 e. The van der Waals surface area contributed by atoms with E-state index in [9.17, 15) is 14.9 Å². The van der Waals surface area contributed by atoms with Crippen molar-refractivity contribution in [3.63, 3.8) is 0 Å². The third-order valence-electron chi connectivity index (χ3n) is 4.19. The summed E-state index contributed by atoms with van der Waals surface area (Å²) in [5.41, 5.74) is 1.67. The summed E-state index contributed by atoms with van der Waals surface area (Å²) in [6, 6.07) is 4.51. The van der Waals surface area contributed by atoms with Crippen molar-refractivity contribution in [2.45, 2.75) is 39.7 Å². The van der Waals surface area contributed by atoms with Gasteiger partial charge in [-0.05, 0) is 39.7 Å². The van der Waals surface area contributed by atoms with Crippen LogP contribution in [0.1, 0.15) is 32.5 Å². The fourth-order valence-corrected chi connectivity index (χ4v) is 2.90. The number of nitro benzene ring substituents is 1. The maximum atomic E-state index is 11.4. The summed E-state index contributed by atoms with van der Waals surface area (Å²) in [6.45, 7) is 6.51. The average Bonchev–Trinajstić information content (AvgIpc) is 3.05. The van der Waals surface area contributed by atoms with E-state index >= 15 is 0 Å². The van der Waals surface area contributed by atoms with Gasteiger partial charge < -0.3 is 15.4 Å². The normalized spacial score (nSPS) is 11.2. The van der Waals surface area contributed by atoms with Gasteiger partial charge in [-0.1, -0.05) is 0 Å². The molecule has 3 rings (SSSR count). The van der Waals surface area contributed by atoms with Gasteiger partial charge in [-0.3, -0.25) is 14.5 Å². The fourth-order valence-electron chi connectivity index (χ4n) is 2.90. The average molecular weight is 401 g/mol. The number of aromatic nitrogens is 4. The Hall–Kier alpha value is -3.50. The van der Waals surface area contributed by atoms with Crippen molar-refractivity contribution in [1.29, 1.82) is 0 Å².